The Morgan fingerprint density at radius 3 is 2.58 bits per heavy atom. The zero-order valence-electron chi connectivity index (χ0n) is 9.88. The average Bonchev–Trinajstić information content (AvgIpc) is 2.36. The molecular formula is C14H12Cl2O2S. The summed E-state index contributed by atoms with van der Waals surface area (Å²) in [5.41, 5.74) is 0.606. The summed E-state index contributed by atoms with van der Waals surface area (Å²) in [6.07, 6.45) is -0.697. The summed E-state index contributed by atoms with van der Waals surface area (Å²) in [4.78, 5) is 0.987. The molecule has 0 spiro atoms. The minimum absolute atomic E-state index is 0.0865. The van der Waals surface area contributed by atoms with Crippen LogP contribution in [0.5, 0.6) is 5.75 Å². The summed E-state index contributed by atoms with van der Waals surface area (Å²) in [6.45, 7) is 0. The second-order valence-corrected chi connectivity index (χ2v) is 5.93. The molecule has 0 radical (unpaired) electrons. The monoisotopic (exact) mass is 314 g/mol. The smallest absolute Gasteiger partial charge is 0.117 e. The van der Waals surface area contributed by atoms with Gasteiger partial charge in [-0.1, -0.05) is 35.3 Å². The van der Waals surface area contributed by atoms with Crippen molar-refractivity contribution in [2.75, 3.05) is 5.75 Å². The SMILES string of the molecule is Oc1ccc(C(O)CSc2cccc(Cl)c2)c(Cl)c1. The molecule has 0 amide bonds. The van der Waals surface area contributed by atoms with E-state index in [0.29, 0.717) is 21.4 Å². The second-order valence-electron chi connectivity index (χ2n) is 3.99. The maximum absolute atomic E-state index is 10.1. The van der Waals surface area contributed by atoms with E-state index in [-0.39, 0.29) is 5.75 Å². The number of aromatic hydroxyl groups is 1. The fourth-order valence-corrected chi connectivity index (χ4v) is 3.08. The Balaban J connectivity index is 2.03. The first-order chi connectivity index (χ1) is 9.06. The number of benzene rings is 2. The highest BCUT2D eigenvalue weighted by Crippen LogP contribution is 2.31. The molecule has 0 fully saturated rings. The van der Waals surface area contributed by atoms with Crippen molar-refractivity contribution in [2.24, 2.45) is 0 Å². The number of aliphatic hydroxyl groups excluding tert-OH is 1. The highest BCUT2D eigenvalue weighted by molar-refractivity contribution is 7.99. The summed E-state index contributed by atoms with van der Waals surface area (Å²) in [6, 6.07) is 12.0. The van der Waals surface area contributed by atoms with E-state index in [1.807, 2.05) is 18.2 Å². The molecule has 0 aromatic heterocycles. The molecule has 2 rings (SSSR count). The number of aliphatic hydroxyl groups is 1. The van der Waals surface area contributed by atoms with Crippen LogP contribution >= 0.6 is 35.0 Å². The average molecular weight is 315 g/mol. The highest BCUT2D eigenvalue weighted by Gasteiger charge is 2.12. The summed E-state index contributed by atoms with van der Waals surface area (Å²) in [5.74, 6) is 0.550. The second kappa shape index (κ2) is 6.53. The molecule has 2 aromatic rings. The first kappa shape index (κ1) is 14.5. The molecule has 5 heteroatoms. The zero-order chi connectivity index (χ0) is 13.8. The minimum Gasteiger partial charge on any atom is -0.508 e. The fourth-order valence-electron chi connectivity index (χ4n) is 1.61. The van der Waals surface area contributed by atoms with Crippen LogP contribution in [0.25, 0.3) is 0 Å². The van der Waals surface area contributed by atoms with Crippen molar-refractivity contribution in [3.63, 3.8) is 0 Å². The van der Waals surface area contributed by atoms with Crippen LogP contribution in [0.3, 0.4) is 0 Å². The molecule has 1 unspecified atom stereocenters. The Labute approximate surface area is 126 Å². The summed E-state index contributed by atoms with van der Waals surface area (Å²) < 4.78 is 0. The van der Waals surface area contributed by atoms with Gasteiger partial charge < -0.3 is 10.2 Å². The third-order valence-corrected chi connectivity index (χ3v) is 4.18. The van der Waals surface area contributed by atoms with E-state index in [9.17, 15) is 10.2 Å². The van der Waals surface area contributed by atoms with E-state index in [2.05, 4.69) is 0 Å². The van der Waals surface area contributed by atoms with E-state index in [1.165, 1.54) is 23.9 Å². The molecule has 0 saturated carbocycles. The van der Waals surface area contributed by atoms with Crippen molar-refractivity contribution in [3.05, 3.63) is 58.1 Å². The van der Waals surface area contributed by atoms with Gasteiger partial charge in [-0.2, -0.15) is 0 Å². The molecule has 0 aliphatic heterocycles. The van der Waals surface area contributed by atoms with Crippen LogP contribution in [0.4, 0.5) is 0 Å². The maximum atomic E-state index is 10.1. The van der Waals surface area contributed by atoms with Crippen molar-refractivity contribution < 1.29 is 10.2 Å². The quantitative estimate of drug-likeness (QED) is 0.815. The lowest BCUT2D eigenvalue weighted by Crippen LogP contribution is -2.01. The third kappa shape index (κ3) is 4.05. The lowest BCUT2D eigenvalue weighted by molar-refractivity contribution is 0.204. The largest absolute Gasteiger partial charge is 0.508 e. The molecule has 2 aromatic carbocycles. The standard InChI is InChI=1S/C14H12Cl2O2S/c15-9-2-1-3-11(6-9)19-8-14(18)12-5-4-10(17)7-13(12)16/h1-7,14,17-18H,8H2. The molecule has 0 bridgehead atoms. The van der Waals surface area contributed by atoms with Gasteiger partial charge in [-0.15, -0.1) is 11.8 Å². The Bertz CT molecular complexity index is 575. The van der Waals surface area contributed by atoms with Crippen LogP contribution in [-0.4, -0.2) is 16.0 Å². The summed E-state index contributed by atoms with van der Waals surface area (Å²) in [5, 5.41) is 20.4. The van der Waals surface area contributed by atoms with Crippen molar-refractivity contribution in [2.45, 2.75) is 11.0 Å². The summed E-state index contributed by atoms with van der Waals surface area (Å²) in [7, 11) is 0. The van der Waals surface area contributed by atoms with E-state index >= 15 is 0 Å². The number of phenolic OH excluding ortho intramolecular Hbond substituents is 1. The van der Waals surface area contributed by atoms with Gasteiger partial charge in [-0.25, -0.2) is 0 Å². The van der Waals surface area contributed by atoms with Gasteiger partial charge in [0.2, 0.25) is 0 Å². The maximum Gasteiger partial charge on any atom is 0.117 e. The third-order valence-electron chi connectivity index (χ3n) is 2.55. The first-order valence-corrected chi connectivity index (χ1v) is 7.35. The van der Waals surface area contributed by atoms with Gasteiger partial charge >= 0.3 is 0 Å². The predicted molar refractivity (Wildman–Crippen MR) is 80.3 cm³/mol. The molecule has 0 heterocycles. The molecule has 0 aliphatic rings. The normalized spacial score (nSPS) is 12.4. The minimum atomic E-state index is -0.697. The lowest BCUT2D eigenvalue weighted by Gasteiger charge is -2.12. The zero-order valence-corrected chi connectivity index (χ0v) is 12.2. The molecular weight excluding hydrogens is 303 g/mol. The number of halogens is 2. The molecule has 2 N–H and O–H groups in total. The lowest BCUT2D eigenvalue weighted by atomic mass is 10.1. The molecule has 0 saturated heterocycles. The first-order valence-electron chi connectivity index (χ1n) is 5.61. The molecule has 100 valence electrons. The van der Waals surface area contributed by atoms with Gasteiger partial charge in [0.15, 0.2) is 0 Å². The predicted octanol–water partition coefficient (Wildman–Crippen LogP) is 4.52. The van der Waals surface area contributed by atoms with Crippen LogP contribution < -0.4 is 0 Å². The fraction of sp³-hybridized carbons (Fsp3) is 0.143. The van der Waals surface area contributed by atoms with E-state index in [4.69, 9.17) is 23.2 Å². The van der Waals surface area contributed by atoms with Crippen molar-refractivity contribution in [1.82, 2.24) is 0 Å². The van der Waals surface area contributed by atoms with Gasteiger partial charge in [0.05, 0.1) is 11.1 Å². The highest BCUT2D eigenvalue weighted by atomic mass is 35.5. The van der Waals surface area contributed by atoms with E-state index in [0.717, 1.165) is 4.90 Å². The van der Waals surface area contributed by atoms with Crippen LogP contribution in [0.2, 0.25) is 10.0 Å². The van der Waals surface area contributed by atoms with Crippen molar-refractivity contribution in [1.29, 1.82) is 0 Å². The number of hydrogen-bond acceptors (Lipinski definition) is 3. The Kier molecular flexibility index (Phi) is 4.99. The van der Waals surface area contributed by atoms with Gasteiger partial charge in [0.1, 0.15) is 5.75 Å². The Morgan fingerprint density at radius 2 is 1.89 bits per heavy atom. The molecule has 0 aliphatic carbocycles. The Hall–Kier alpha value is -0.870. The molecule has 1 atom stereocenters. The summed E-state index contributed by atoms with van der Waals surface area (Å²) >= 11 is 13.4. The Morgan fingerprint density at radius 1 is 1.11 bits per heavy atom. The van der Waals surface area contributed by atoms with Gasteiger partial charge in [-0.3, -0.25) is 0 Å². The van der Waals surface area contributed by atoms with Crippen LogP contribution in [0.15, 0.2) is 47.4 Å². The van der Waals surface area contributed by atoms with E-state index < -0.39 is 6.10 Å². The number of thioether (sulfide) groups is 1. The van der Waals surface area contributed by atoms with Gasteiger partial charge in [-0.05, 0) is 30.3 Å². The van der Waals surface area contributed by atoms with E-state index in [1.54, 1.807) is 12.1 Å². The van der Waals surface area contributed by atoms with Gasteiger partial charge in [0, 0.05) is 21.2 Å². The van der Waals surface area contributed by atoms with Crippen LogP contribution in [-0.2, 0) is 0 Å². The number of hydrogen-bond donors (Lipinski definition) is 2. The topological polar surface area (TPSA) is 40.5 Å². The van der Waals surface area contributed by atoms with Crippen molar-refractivity contribution in [3.8, 4) is 5.75 Å². The van der Waals surface area contributed by atoms with Crippen LogP contribution in [0, 0.1) is 0 Å². The van der Waals surface area contributed by atoms with Crippen molar-refractivity contribution >= 4 is 35.0 Å². The molecule has 19 heavy (non-hydrogen) atoms. The number of rotatable bonds is 4. The number of phenols is 1. The van der Waals surface area contributed by atoms with Gasteiger partial charge in [0.25, 0.3) is 0 Å². The molecule has 2 nitrogen and oxygen atoms in total. The van der Waals surface area contributed by atoms with Crippen LogP contribution in [0.1, 0.15) is 11.7 Å².